The predicted molar refractivity (Wildman–Crippen MR) is 94.7 cm³/mol. The number of carbonyl (C=O) groups is 1. The molecule has 24 heavy (non-hydrogen) atoms. The molecule has 3 nitrogen and oxygen atoms in total. The van der Waals surface area contributed by atoms with E-state index in [0.717, 1.165) is 22.6 Å². The van der Waals surface area contributed by atoms with E-state index in [9.17, 15) is 4.79 Å². The predicted octanol–water partition coefficient (Wildman–Crippen LogP) is 4.16. The number of ether oxygens (including phenoxy) is 2. The molecule has 0 radical (unpaired) electrons. The minimum atomic E-state index is -0.734. The van der Waals surface area contributed by atoms with E-state index in [4.69, 9.17) is 9.47 Å². The SMILES string of the molecule is C=C1C(=O)C(c2ccc(OC)cc2)(c2ccc(OC)cc2)C1(C)C. The summed E-state index contributed by atoms with van der Waals surface area (Å²) < 4.78 is 10.5. The van der Waals surface area contributed by atoms with Gasteiger partial charge in [-0.25, -0.2) is 0 Å². The normalized spacial score (nSPS) is 18.0. The van der Waals surface area contributed by atoms with Gasteiger partial charge in [-0.3, -0.25) is 4.79 Å². The van der Waals surface area contributed by atoms with Crippen molar-refractivity contribution in [1.29, 1.82) is 0 Å². The number of carbonyl (C=O) groups excluding carboxylic acids is 1. The van der Waals surface area contributed by atoms with Crippen LogP contribution in [0.15, 0.2) is 60.7 Å². The van der Waals surface area contributed by atoms with Crippen molar-refractivity contribution in [3.8, 4) is 11.5 Å². The van der Waals surface area contributed by atoms with Gasteiger partial charge in [-0.15, -0.1) is 0 Å². The van der Waals surface area contributed by atoms with Crippen molar-refractivity contribution in [3.63, 3.8) is 0 Å². The van der Waals surface area contributed by atoms with Crippen molar-refractivity contribution in [3.05, 3.63) is 71.8 Å². The zero-order valence-electron chi connectivity index (χ0n) is 14.6. The number of methoxy groups -OCH3 is 2. The van der Waals surface area contributed by atoms with Gasteiger partial charge >= 0.3 is 0 Å². The first-order chi connectivity index (χ1) is 11.4. The molecule has 3 heteroatoms. The van der Waals surface area contributed by atoms with E-state index in [2.05, 4.69) is 20.4 Å². The minimum absolute atomic E-state index is 0.0721. The molecule has 2 aromatic rings. The fourth-order valence-corrected chi connectivity index (χ4v) is 3.79. The Bertz CT molecular complexity index is 735. The second kappa shape index (κ2) is 5.52. The summed E-state index contributed by atoms with van der Waals surface area (Å²) in [5.74, 6) is 1.61. The number of allylic oxidation sites excluding steroid dienone is 1. The van der Waals surface area contributed by atoms with Gasteiger partial charge in [0.25, 0.3) is 0 Å². The molecule has 1 saturated carbocycles. The Morgan fingerprint density at radius 2 is 1.17 bits per heavy atom. The number of ketones is 1. The summed E-state index contributed by atoms with van der Waals surface area (Å²) in [5.41, 5.74) is 1.47. The second-order valence-corrected chi connectivity index (χ2v) is 6.64. The van der Waals surface area contributed by atoms with Gasteiger partial charge in [-0.2, -0.15) is 0 Å². The Morgan fingerprint density at radius 1 is 0.792 bits per heavy atom. The molecule has 0 N–H and O–H groups in total. The molecule has 3 rings (SSSR count). The van der Waals surface area contributed by atoms with Crippen LogP contribution < -0.4 is 9.47 Å². The molecule has 0 saturated heterocycles. The van der Waals surface area contributed by atoms with Crippen LogP contribution in [-0.4, -0.2) is 20.0 Å². The summed E-state index contributed by atoms with van der Waals surface area (Å²) in [7, 11) is 3.27. The van der Waals surface area contributed by atoms with E-state index in [1.165, 1.54) is 0 Å². The highest BCUT2D eigenvalue weighted by molar-refractivity contribution is 6.15. The first-order valence-corrected chi connectivity index (χ1v) is 7.93. The molecule has 0 bridgehead atoms. The number of hydrogen-bond acceptors (Lipinski definition) is 3. The van der Waals surface area contributed by atoms with Crippen LogP contribution in [-0.2, 0) is 10.2 Å². The van der Waals surface area contributed by atoms with Crippen LogP contribution in [0.2, 0.25) is 0 Å². The average Bonchev–Trinajstić information content (AvgIpc) is 2.62. The fourth-order valence-electron chi connectivity index (χ4n) is 3.79. The van der Waals surface area contributed by atoms with E-state index in [0.29, 0.717) is 5.57 Å². The highest BCUT2D eigenvalue weighted by Gasteiger charge is 2.65. The van der Waals surface area contributed by atoms with Gasteiger partial charge in [0.05, 0.1) is 19.6 Å². The number of rotatable bonds is 4. The lowest BCUT2D eigenvalue weighted by Gasteiger charge is -2.56. The second-order valence-electron chi connectivity index (χ2n) is 6.64. The van der Waals surface area contributed by atoms with Gasteiger partial charge < -0.3 is 9.47 Å². The molecule has 0 spiro atoms. The Morgan fingerprint density at radius 3 is 1.46 bits per heavy atom. The van der Waals surface area contributed by atoms with Crippen LogP contribution in [0.25, 0.3) is 0 Å². The lowest BCUT2D eigenvalue weighted by molar-refractivity contribution is -0.131. The summed E-state index contributed by atoms with van der Waals surface area (Å²) in [5, 5.41) is 0. The van der Waals surface area contributed by atoms with E-state index >= 15 is 0 Å². The highest BCUT2D eigenvalue weighted by atomic mass is 16.5. The van der Waals surface area contributed by atoms with Crippen molar-refractivity contribution in [1.82, 2.24) is 0 Å². The Labute approximate surface area is 142 Å². The third-order valence-corrected chi connectivity index (χ3v) is 5.35. The van der Waals surface area contributed by atoms with E-state index < -0.39 is 5.41 Å². The molecule has 124 valence electrons. The first-order valence-electron chi connectivity index (χ1n) is 7.93. The van der Waals surface area contributed by atoms with Gasteiger partial charge in [0.1, 0.15) is 11.5 Å². The third-order valence-electron chi connectivity index (χ3n) is 5.35. The zero-order valence-corrected chi connectivity index (χ0v) is 14.6. The minimum Gasteiger partial charge on any atom is -0.497 e. The molecule has 1 aliphatic carbocycles. The number of Topliss-reactive ketones (excluding diaryl/α,β-unsaturated/α-hetero) is 1. The summed E-state index contributed by atoms with van der Waals surface area (Å²) in [6.07, 6.45) is 0. The Balaban J connectivity index is 2.21. The van der Waals surface area contributed by atoms with E-state index in [-0.39, 0.29) is 11.2 Å². The lowest BCUT2D eigenvalue weighted by Crippen LogP contribution is -2.62. The molecular formula is C21H22O3. The fraction of sp³-hybridized carbons (Fsp3) is 0.286. The molecule has 0 unspecified atom stereocenters. The maximum atomic E-state index is 13.0. The van der Waals surface area contributed by atoms with Crippen molar-refractivity contribution in [2.45, 2.75) is 19.3 Å². The smallest absolute Gasteiger partial charge is 0.174 e. The molecule has 1 aliphatic rings. The maximum Gasteiger partial charge on any atom is 0.174 e. The molecular weight excluding hydrogens is 300 g/mol. The zero-order chi connectivity index (χ0) is 17.5. The van der Waals surface area contributed by atoms with Crippen LogP contribution in [0, 0.1) is 5.41 Å². The van der Waals surface area contributed by atoms with Crippen LogP contribution in [0.5, 0.6) is 11.5 Å². The standard InChI is InChI=1S/C21H22O3/c1-14-19(22)21(20(14,2)3,15-6-10-17(23-4)11-7-15)16-8-12-18(24-5)13-9-16/h6-13H,1H2,2-5H3. The summed E-state index contributed by atoms with van der Waals surface area (Å²) in [4.78, 5) is 13.0. The largest absolute Gasteiger partial charge is 0.497 e. The van der Waals surface area contributed by atoms with E-state index in [1.54, 1.807) is 14.2 Å². The quantitative estimate of drug-likeness (QED) is 0.793. The van der Waals surface area contributed by atoms with Crippen molar-refractivity contribution in [2.75, 3.05) is 14.2 Å². The van der Waals surface area contributed by atoms with Crippen molar-refractivity contribution >= 4 is 5.78 Å². The molecule has 2 aromatic carbocycles. The molecule has 0 atom stereocenters. The van der Waals surface area contributed by atoms with Crippen LogP contribution >= 0.6 is 0 Å². The Kier molecular flexibility index (Phi) is 3.75. The lowest BCUT2D eigenvalue weighted by atomic mass is 9.43. The van der Waals surface area contributed by atoms with Crippen LogP contribution in [0.4, 0.5) is 0 Å². The van der Waals surface area contributed by atoms with Crippen molar-refractivity contribution < 1.29 is 14.3 Å². The molecule has 1 fully saturated rings. The molecule has 0 heterocycles. The average molecular weight is 322 g/mol. The maximum absolute atomic E-state index is 13.0. The van der Waals surface area contributed by atoms with Crippen LogP contribution in [0.3, 0.4) is 0 Å². The number of hydrogen-bond donors (Lipinski definition) is 0. The Hall–Kier alpha value is -2.55. The van der Waals surface area contributed by atoms with Gasteiger partial charge in [0.15, 0.2) is 5.78 Å². The third kappa shape index (κ3) is 1.94. The summed E-state index contributed by atoms with van der Waals surface area (Å²) >= 11 is 0. The number of benzene rings is 2. The highest BCUT2D eigenvalue weighted by Crippen LogP contribution is 2.61. The summed E-state index contributed by atoms with van der Waals surface area (Å²) in [6, 6.07) is 15.4. The van der Waals surface area contributed by atoms with E-state index in [1.807, 2.05) is 48.5 Å². The topological polar surface area (TPSA) is 35.5 Å². The van der Waals surface area contributed by atoms with Gasteiger partial charge in [0.2, 0.25) is 0 Å². The summed E-state index contributed by atoms with van der Waals surface area (Å²) in [6.45, 7) is 8.16. The van der Waals surface area contributed by atoms with Crippen LogP contribution in [0.1, 0.15) is 25.0 Å². The molecule has 0 aliphatic heterocycles. The first kappa shape index (κ1) is 16.3. The van der Waals surface area contributed by atoms with Gasteiger partial charge in [0, 0.05) is 5.41 Å². The molecule has 0 amide bonds. The monoisotopic (exact) mass is 322 g/mol. The van der Waals surface area contributed by atoms with Gasteiger partial charge in [-0.05, 0) is 41.0 Å². The molecule has 0 aromatic heterocycles. The van der Waals surface area contributed by atoms with Crippen molar-refractivity contribution in [2.24, 2.45) is 5.41 Å². The van der Waals surface area contributed by atoms with Gasteiger partial charge in [-0.1, -0.05) is 44.7 Å².